The van der Waals surface area contributed by atoms with Gasteiger partial charge in [0.15, 0.2) is 11.6 Å². The summed E-state index contributed by atoms with van der Waals surface area (Å²) < 4.78 is 0.892. The van der Waals surface area contributed by atoms with Gasteiger partial charge in [-0.3, -0.25) is 20.6 Å². The highest BCUT2D eigenvalue weighted by atomic mass is 79.9. The molecule has 0 radical (unpaired) electrons. The van der Waals surface area contributed by atoms with E-state index < -0.39 is 0 Å². The van der Waals surface area contributed by atoms with Crippen molar-refractivity contribution < 1.29 is 4.79 Å². The average molecular weight is 400 g/mol. The first-order valence-corrected chi connectivity index (χ1v) is 8.02. The molecule has 1 amide bonds. The van der Waals surface area contributed by atoms with Crippen LogP contribution >= 0.6 is 15.9 Å². The number of benzene rings is 1. The molecule has 0 bridgehead atoms. The van der Waals surface area contributed by atoms with E-state index >= 15 is 0 Å². The Kier molecular flexibility index (Phi) is 5.05. The van der Waals surface area contributed by atoms with Gasteiger partial charge in [0, 0.05) is 28.1 Å². The van der Waals surface area contributed by atoms with Crippen LogP contribution in [0.3, 0.4) is 0 Å². The molecule has 0 atom stereocenters. The zero-order valence-electron chi connectivity index (χ0n) is 12.9. The lowest BCUT2D eigenvalue weighted by atomic mass is 10.2. The van der Waals surface area contributed by atoms with Crippen LogP contribution in [0.25, 0.3) is 0 Å². The smallest absolute Gasteiger partial charge is 0.269 e. The largest absolute Gasteiger partial charge is 0.393 e. The fourth-order valence-electron chi connectivity index (χ4n) is 1.96. The summed E-state index contributed by atoms with van der Waals surface area (Å²) >= 11 is 3.32. The van der Waals surface area contributed by atoms with Gasteiger partial charge in [-0.2, -0.15) is 0 Å². The highest BCUT2D eigenvalue weighted by molar-refractivity contribution is 9.10. The second kappa shape index (κ2) is 7.58. The summed E-state index contributed by atoms with van der Waals surface area (Å²) in [6, 6.07) is 10.5. The molecule has 0 saturated heterocycles. The summed E-state index contributed by atoms with van der Waals surface area (Å²) in [5.74, 6) is 0.396. The third kappa shape index (κ3) is 4.21. The number of carbonyl (C=O) groups excluding carboxylic acids is 1. The Morgan fingerprint density at radius 2 is 1.68 bits per heavy atom. The number of pyridine rings is 1. The van der Waals surface area contributed by atoms with Gasteiger partial charge in [0.25, 0.3) is 5.91 Å². The maximum Gasteiger partial charge on any atom is 0.269 e. The summed E-state index contributed by atoms with van der Waals surface area (Å²) in [4.78, 5) is 24.2. The second-order valence-corrected chi connectivity index (χ2v) is 5.85. The molecule has 2 aromatic heterocycles. The first kappa shape index (κ1) is 16.7. The van der Waals surface area contributed by atoms with E-state index in [9.17, 15) is 4.79 Å². The number of nitrogens with two attached hydrogens (primary N) is 1. The molecule has 9 heteroatoms. The number of hydrazine groups is 1. The Morgan fingerprint density at radius 1 is 1.00 bits per heavy atom. The monoisotopic (exact) mass is 399 g/mol. The number of amides is 1. The van der Waals surface area contributed by atoms with Crippen molar-refractivity contribution in [3.8, 4) is 0 Å². The van der Waals surface area contributed by atoms with Crippen LogP contribution in [0.4, 0.5) is 23.0 Å². The SMILES string of the molecule is Nc1c(NNC(=O)c2ccc(Br)cc2)ncnc1Nc1ccncc1. The van der Waals surface area contributed by atoms with E-state index in [-0.39, 0.29) is 17.4 Å². The van der Waals surface area contributed by atoms with Crippen molar-refractivity contribution in [3.63, 3.8) is 0 Å². The van der Waals surface area contributed by atoms with Crippen molar-refractivity contribution in [3.05, 3.63) is 65.2 Å². The van der Waals surface area contributed by atoms with Crippen molar-refractivity contribution in [1.29, 1.82) is 0 Å². The topological polar surface area (TPSA) is 118 Å². The molecule has 0 aliphatic heterocycles. The molecule has 0 unspecified atom stereocenters. The van der Waals surface area contributed by atoms with E-state index in [1.54, 1.807) is 48.8 Å². The average Bonchev–Trinajstić information content (AvgIpc) is 2.63. The molecule has 1 aromatic carbocycles. The Balaban J connectivity index is 1.69. The van der Waals surface area contributed by atoms with Gasteiger partial charge in [0.1, 0.15) is 12.0 Å². The van der Waals surface area contributed by atoms with E-state index in [2.05, 4.69) is 47.1 Å². The molecule has 3 rings (SSSR count). The summed E-state index contributed by atoms with van der Waals surface area (Å²) in [5.41, 5.74) is 12.9. The molecule has 0 aliphatic carbocycles. The normalized spacial score (nSPS) is 10.1. The predicted molar refractivity (Wildman–Crippen MR) is 99.2 cm³/mol. The number of hydrogen-bond acceptors (Lipinski definition) is 7. The Labute approximate surface area is 152 Å². The van der Waals surface area contributed by atoms with Gasteiger partial charge in [-0.1, -0.05) is 15.9 Å². The van der Waals surface area contributed by atoms with Gasteiger partial charge in [0.2, 0.25) is 0 Å². The van der Waals surface area contributed by atoms with Crippen molar-refractivity contribution in [2.75, 3.05) is 16.5 Å². The standard InChI is InChI=1S/C16H14BrN7O/c17-11-3-1-10(2-4-11)16(25)24-23-15-13(18)14(20-9-21-15)22-12-5-7-19-8-6-12/h1-9H,18H2,(H,24,25)(H2,19,20,21,22,23). The molecule has 0 fully saturated rings. The summed E-state index contributed by atoms with van der Waals surface area (Å²) in [6.45, 7) is 0. The molecule has 0 spiro atoms. The molecule has 5 N–H and O–H groups in total. The fraction of sp³-hybridized carbons (Fsp3) is 0. The van der Waals surface area contributed by atoms with Crippen molar-refractivity contribution >= 4 is 44.8 Å². The highest BCUT2D eigenvalue weighted by Crippen LogP contribution is 2.24. The number of halogens is 1. The van der Waals surface area contributed by atoms with Crippen LogP contribution in [0, 0.1) is 0 Å². The molecule has 0 saturated carbocycles. The van der Waals surface area contributed by atoms with Crippen molar-refractivity contribution in [2.45, 2.75) is 0 Å². The van der Waals surface area contributed by atoms with E-state index in [1.165, 1.54) is 6.33 Å². The van der Waals surface area contributed by atoms with Crippen LogP contribution < -0.4 is 21.9 Å². The minimum absolute atomic E-state index is 0.274. The molecule has 2 heterocycles. The van der Waals surface area contributed by atoms with Crippen LogP contribution in [0.2, 0.25) is 0 Å². The number of hydrogen-bond donors (Lipinski definition) is 4. The van der Waals surface area contributed by atoms with Gasteiger partial charge >= 0.3 is 0 Å². The van der Waals surface area contributed by atoms with Crippen LogP contribution in [0.1, 0.15) is 10.4 Å². The lowest BCUT2D eigenvalue weighted by molar-refractivity contribution is 0.0962. The lowest BCUT2D eigenvalue weighted by Crippen LogP contribution is -2.30. The second-order valence-electron chi connectivity index (χ2n) is 4.93. The Hall–Kier alpha value is -3.20. The van der Waals surface area contributed by atoms with Gasteiger partial charge in [0.05, 0.1) is 0 Å². The number of nitrogens with zero attached hydrogens (tertiary/aromatic N) is 3. The molecule has 0 aliphatic rings. The Bertz CT molecular complexity index is 871. The van der Waals surface area contributed by atoms with E-state index in [4.69, 9.17) is 5.73 Å². The third-order valence-electron chi connectivity index (χ3n) is 3.23. The van der Waals surface area contributed by atoms with E-state index in [0.29, 0.717) is 11.4 Å². The number of carbonyl (C=O) groups is 1. The first-order chi connectivity index (χ1) is 12.1. The molecule has 126 valence electrons. The van der Waals surface area contributed by atoms with Crippen molar-refractivity contribution in [2.24, 2.45) is 0 Å². The fourth-order valence-corrected chi connectivity index (χ4v) is 2.22. The van der Waals surface area contributed by atoms with Gasteiger partial charge < -0.3 is 11.1 Å². The molecular weight excluding hydrogens is 386 g/mol. The zero-order chi connectivity index (χ0) is 17.6. The van der Waals surface area contributed by atoms with Crippen LogP contribution in [-0.2, 0) is 0 Å². The summed E-state index contributed by atoms with van der Waals surface area (Å²) in [5, 5.41) is 3.06. The van der Waals surface area contributed by atoms with Gasteiger partial charge in [-0.25, -0.2) is 9.97 Å². The number of nitrogens with one attached hydrogen (secondary N) is 3. The Morgan fingerprint density at radius 3 is 2.40 bits per heavy atom. The molecule has 25 heavy (non-hydrogen) atoms. The molecule has 8 nitrogen and oxygen atoms in total. The third-order valence-corrected chi connectivity index (χ3v) is 3.76. The van der Waals surface area contributed by atoms with Crippen LogP contribution in [-0.4, -0.2) is 20.9 Å². The number of aromatic nitrogens is 3. The number of rotatable bonds is 5. The maximum absolute atomic E-state index is 12.1. The quantitative estimate of drug-likeness (QED) is 0.487. The van der Waals surface area contributed by atoms with E-state index in [1.807, 2.05) is 0 Å². The summed E-state index contributed by atoms with van der Waals surface area (Å²) in [6.07, 6.45) is 4.64. The van der Waals surface area contributed by atoms with E-state index in [0.717, 1.165) is 10.2 Å². The van der Waals surface area contributed by atoms with Crippen LogP contribution in [0.5, 0.6) is 0 Å². The first-order valence-electron chi connectivity index (χ1n) is 7.23. The van der Waals surface area contributed by atoms with Gasteiger partial charge in [-0.05, 0) is 36.4 Å². The zero-order valence-corrected chi connectivity index (χ0v) is 14.5. The highest BCUT2D eigenvalue weighted by Gasteiger charge is 2.10. The van der Waals surface area contributed by atoms with Crippen LogP contribution in [0.15, 0.2) is 59.6 Å². The minimum atomic E-state index is -0.311. The van der Waals surface area contributed by atoms with Crippen molar-refractivity contribution in [1.82, 2.24) is 20.4 Å². The summed E-state index contributed by atoms with van der Waals surface area (Å²) in [7, 11) is 0. The lowest BCUT2D eigenvalue weighted by Gasteiger charge is -2.13. The predicted octanol–water partition coefficient (Wildman–Crippen LogP) is 2.72. The molecule has 3 aromatic rings. The number of nitrogen functional groups attached to an aromatic ring is 1. The number of anilines is 4. The molecular formula is C16H14BrN7O. The maximum atomic E-state index is 12.1. The van der Waals surface area contributed by atoms with Gasteiger partial charge in [-0.15, -0.1) is 0 Å². The minimum Gasteiger partial charge on any atom is -0.393 e.